The average molecular weight is 630 g/mol. The number of hydrogen-bond donors (Lipinski definition) is 0. The summed E-state index contributed by atoms with van der Waals surface area (Å²) < 4.78 is 49.5. The lowest BCUT2D eigenvalue weighted by atomic mass is 9.98. The van der Waals surface area contributed by atoms with Gasteiger partial charge < -0.3 is 18.1 Å². The Morgan fingerprint density at radius 1 is 1.03 bits per heavy atom. The van der Waals surface area contributed by atoms with Gasteiger partial charge in [0.15, 0.2) is 11.5 Å². The topological polar surface area (TPSA) is 92.0 Å². The smallest absolute Gasteiger partial charge is 0.339 e. The zero-order valence-electron chi connectivity index (χ0n) is 20.5. The first-order chi connectivity index (χ1) is 17.4. The molecule has 0 unspecified atom stereocenters. The van der Waals surface area contributed by atoms with Gasteiger partial charge in [0.1, 0.15) is 27.6 Å². The number of fused-ring (bicyclic) bond motifs is 2. The van der Waals surface area contributed by atoms with Gasteiger partial charge in [-0.3, -0.25) is 4.79 Å². The second-order valence-corrected chi connectivity index (χ2v) is 11.9. The fourth-order valence-corrected chi connectivity index (χ4v) is 5.78. The molecule has 0 spiro atoms. The lowest BCUT2D eigenvalue weighted by Gasteiger charge is -2.29. The molecule has 0 saturated heterocycles. The number of furan rings is 1. The zero-order chi connectivity index (χ0) is 26.5. The van der Waals surface area contributed by atoms with Gasteiger partial charge in [-0.05, 0) is 91.9 Å². The summed E-state index contributed by atoms with van der Waals surface area (Å²) in [4.78, 5) is 12.0. The Morgan fingerprint density at radius 2 is 1.76 bits per heavy atom. The Labute approximate surface area is 228 Å². The SMILES string of the molecule is CC(=O)Oc1c(-c2oc3cc(OS(=O)(=O)c4ccc(C)cc4)ccc3c2I)ccc2c1C=CC(C)(C)O2. The summed E-state index contributed by atoms with van der Waals surface area (Å²) >= 11 is 2.16. The molecule has 1 aliphatic heterocycles. The zero-order valence-corrected chi connectivity index (χ0v) is 23.5. The fourth-order valence-electron chi connectivity index (χ4n) is 4.01. The first-order valence-electron chi connectivity index (χ1n) is 11.4. The molecular formula is C28H23IO7S. The summed E-state index contributed by atoms with van der Waals surface area (Å²) in [7, 11) is -4.02. The second kappa shape index (κ2) is 9.21. The van der Waals surface area contributed by atoms with Crippen LogP contribution < -0.4 is 13.7 Å². The van der Waals surface area contributed by atoms with Crippen LogP contribution in [0.5, 0.6) is 17.2 Å². The molecule has 1 aromatic heterocycles. The monoisotopic (exact) mass is 630 g/mol. The molecule has 0 N–H and O–H groups in total. The number of hydrogen-bond acceptors (Lipinski definition) is 7. The van der Waals surface area contributed by atoms with Crippen LogP contribution in [0.2, 0.25) is 0 Å². The van der Waals surface area contributed by atoms with Gasteiger partial charge in [-0.15, -0.1) is 0 Å². The summed E-state index contributed by atoms with van der Waals surface area (Å²) in [5, 5.41) is 0.759. The maximum atomic E-state index is 12.8. The number of ether oxygens (including phenoxy) is 2. The van der Waals surface area contributed by atoms with Crippen LogP contribution in [0.3, 0.4) is 0 Å². The van der Waals surface area contributed by atoms with E-state index in [9.17, 15) is 13.2 Å². The number of aryl methyl sites for hydroxylation is 1. The van der Waals surface area contributed by atoms with E-state index < -0.39 is 21.7 Å². The van der Waals surface area contributed by atoms with Crippen molar-refractivity contribution in [1.29, 1.82) is 0 Å². The molecule has 190 valence electrons. The van der Waals surface area contributed by atoms with Crippen molar-refractivity contribution in [3.05, 3.63) is 75.4 Å². The van der Waals surface area contributed by atoms with Crippen molar-refractivity contribution >= 4 is 55.7 Å². The van der Waals surface area contributed by atoms with Gasteiger partial charge in [-0.1, -0.05) is 17.7 Å². The number of carbonyl (C=O) groups excluding carboxylic acids is 1. The predicted molar refractivity (Wildman–Crippen MR) is 148 cm³/mol. The highest BCUT2D eigenvalue weighted by Gasteiger charge is 2.28. The third kappa shape index (κ3) is 4.97. The molecule has 0 aliphatic carbocycles. The highest BCUT2D eigenvalue weighted by Crippen LogP contribution is 2.46. The molecule has 0 radical (unpaired) electrons. The number of rotatable bonds is 5. The standard InChI is InChI=1S/C28H23IO7S/c1-16-5-8-19(9-6-16)37(31,32)36-18-7-10-20-24(15-18)34-27(25(20)29)22-11-12-23-21(26(22)33-17(2)30)13-14-28(3,4)35-23/h5-15H,1-4H3. The molecule has 5 rings (SSSR count). The Morgan fingerprint density at radius 3 is 2.46 bits per heavy atom. The Bertz CT molecular complexity index is 1680. The molecule has 37 heavy (non-hydrogen) atoms. The average Bonchev–Trinajstić information content (AvgIpc) is 3.13. The molecule has 1 aliphatic rings. The molecule has 0 saturated carbocycles. The molecule has 0 atom stereocenters. The van der Waals surface area contributed by atoms with Gasteiger partial charge in [-0.25, -0.2) is 0 Å². The lowest BCUT2D eigenvalue weighted by molar-refractivity contribution is -0.131. The molecule has 3 aromatic carbocycles. The van der Waals surface area contributed by atoms with Gasteiger partial charge in [0.25, 0.3) is 0 Å². The third-order valence-corrected chi connectivity index (χ3v) is 8.12. The predicted octanol–water partition coefficient (Wildman–Crippen LogP) is 6.89. The van der Waals surface area contributed by atoms with E-state index >= 15 is 0 Å². The van der Waals surface area contributed by atoms with Crippen LogP contribution >= 0.6 is 22.6 Å². The van der Waals surface area contributed by atoms with E-state index in [0.29, 0.717) is 34.0 Å². The molecule has 0 amide bonds. The summed E-state index contributed by atoms with van der Waals surface area (Å²) in [5.74, 6) is 1.04. The van der Waals surface area contributed by atoms with Crippen molar-refractivity contribution in [3.63, 3.8) is 0 Å². The van der Waals surface area contributed by atoms with Crippen LogP contribution in [0.1, 0.15) is 31.9 Å². The van der Waals surface area contributed by atoms with Crippen molar-refractivity contribution in [2.45, 2.75) is 38.2 Å². The maximum absolute atomic E-state index is 12.8. The van der Waals surface area contributed by atoms with Crippen molar-refractivity contribution < 1.29 is 31.3 Å². The molecule has 7 nitrogen and oxygen atoms in total. The van der Waals surface area contributed by atoms with Crippen molar-refractivity contribution in [2.24, 2.45) is 0 Å². The Kier molecular flexibility index (Phi) is 6.31. The molecule has 2 heterocycles. The van der Waals surface area contributed by atoms with E-state index in [1.165, 1.54) is 25.1 Å². The molecule has 0 fully saturated rings. The molecule has 9 heteroatoms. The number of halogens is 1. The van der Waals surface area contributed by atoms with Crippen LogP contribution in [-0.2, 0) is 14.9 Å². The minimum atomic E-state index is -4.02. The van der Waals surface area contributed by atoms with Crippen molar-refractivity contribution in [2.75, 3.05) is 0 Å². The van der Waals surface area contributed by atoms with Crippen LogP contribution in [0, 0.1) is 10.5 Å². The van der Waals surface area contributed by atoms with Gasteiger partial charge in [0.05, 0.1) is 14.7 Å². The van der Waals surface area contributed by atoms with Crippen LogP contribution in [-0.4, -0.2) is 20.0 Å². The maximum Gasteiger partial charge on any atom is 0.339 e. The lowest BCUT2D eigenvalue weighted by Crippen LogP contribution is -2.27. The van der Waals surface area contributed by atoms with E-state index in [1.807, 2.05) is 39.0 Å². The van der Waals surface area contributed by atoms with Crippen molar-refractivity contribution in [1.82, 2.24) is 0 Å². The van der Waals surface area contributed by atoms with Crippen LogP contribution in [0.4, 0.5) is 0 Å². The molecular weight excluding hydrogens is 607 g/mol. The van der Waals surface area contributed by atoms with E-state index in [-0.39, 0.29) is 10.6 Å². The van der Waals surface area contributed by atoms with E-state index in [1.54, 1.807) is 30.3 Å². The summed E-state index contributed by atoms with van der Waals surface area (Å²) in [5.41, 5.74) is 2.08. The number of benzene rings is 3. The molecule has 4 aromatic rings. The van der Waals surface area contributed by atoms with E-state index in [4.69, 9.17) is 18.1 Å². The summed E-state index contributed by atoms with van der Waals surface area (Å²) in [6.45, 7) is 7.09. The van der Waals surface area contributed by atoms with Gasteiger partial charge in [-0.2, -0.15) is 8.42 Å². The van der Waals surface area contributed by atoms with Crippen LogP contribution in [0.15, 0.2) is 70.0 Å². The third-order valence-electron chi connectivity index (χ3n) is 5.79. The van der Waals surface area contributed by atoms with Gasteiger partial charge in [0, 0.05) is 18.4 Å². The van der Waals surface area contributed by atoms with E-state index in [0.717, 1.165) is 14.5 Å². The quantitative estimate of drug-likeness (QED) is 0.103. The highest BCUT2D eigenvalue weighted by atomic mass is 127. The first kappa shape index (κ1) is 25.3. The van der Waals surface area contributed by atoms with Gasteiger partial charge >= 0.3 is 16.1 Å². The fraction of sp³-hybridized carbons (Fsp3) is 0.179. The number of carbonyl (C=O) groups is 1. The number of esters is 1. The van der Waals surface area contributed by atoms with Gasteiger partial charge in [0.2, 0.25) is 0 Å². The second-order valence-electron chi connectivity index (χ2n) is 9.24. The minimum Gasteiger partial charge on any atom is -0.483 e. The highest BCUT2D eigenvalue weighted by molar-refractivity contribution is 14.1. The minimum absolute atomic E-state index is 0.0615. The first-order valence-corrected chi connectivity index (χ1v) is 13.9. The summed E-state index contributed by atoms with van der Waals surface area (Å²) in [6.07, 6.45) is 3.77. The largest absolute Gasteiger partial charge is 0.483 e. The van der Waals surface area contributed by atoms with E-state index in [2.05, 4.69) is 22.6 Å². The van der Waals surface area contributed by atoms with Crippen molar-refractivity contribution in [3.8, 4) is 28.6 Å². The van der Waals surface area contributed by atoms with Crippen LogP contribution in [0.25, 0.3) is 28.4 Å². The molecule has 0 bridgehead atoms. The Balaban J connectivity index is 1.57. The normalized spacial score (nSPS) is 14.2. The Hall–Kier alpha value is -3.31. The summed E-state index contributed by atoms with van der Waals surface area (Å²) in [6, 6.07) is 14.9.